The van der Waals surface area contributed by atoms with Gasteiger partial charge in [0.1, 0.15) is 22.8 Å². The maximum Gasteiger partial charge on any atom is 0.343 e. The van der Waals surface area contributed by atoms with E-state index in [9.17, 15) is 45.3 Å². The molecule has 4 aromatic rings. The maximum absolute atomic E-state index is 13.2. The Morgan fingerprint density at radius 2 is 1.43 bits per heavy atom. The Kier molecular flexibility index (Phi) is 7.59. The smallest absolute Gasteiger partial charge is 0.343 e. The normalized spacial score (nSPS) is 19.9. The first-order valence-electron chi connectivity index (χ1n) is 13.7. The average Bonchev–Trinajstić information content (AvgIpc) is 3.04. The second-order valence-electron chi connectivity index (χ2n) is 10.4. The number of ketones is 1. The molecule has 0 bridgehead atoms. The number of Topliss-reactive ketones (excluding diaryl/α,β-unsaturated/α-hetero) is 1. The van der Waals surface area contributed by atoms with E-state index in [1.165, 1.54) is 37.4 Å². The summed E-state index contributed by atoms with van der Waals surface area (Å²) >= 11 is 0. The molecule has 2 heterocycles. The molecule has 6 rings (SSSR count). The second kappa shape index (κ2) is 11.6. The van der Waals surface area contributed by atoms with Gasteiger partial charge in [-0.15, -0.1) is 0 Å². The number of aliphatic hydroxyl groups excluding tert-OH is 2. The van der Waals surface area contributed by atoms with Crippen molar-refractivity contribution in [3.05, 3.63) is 82.9 Å². The Balaban J connectivity index is 1.29. The summed E-state index contributed by atoms with van der Waals surface area (Å²) in [4.78, 5) is 25.8. The predicted molar refractivity (Wildman–Crippen MR) is 154 cm³/mol. The van der Waals surface area contributed by atoms with Crippen LogP contribution in [0.2, 0.25) is 0 Å². The van der Waals surface area contributed by atoms with Crippen molar-refractivity contribution < 1.29 is 69.0 Å². The van der Waals surface area contributed by atoms with Gasteiger partial charge in [0, 0.05) is 17.7 Å². The molecule has 7 N–H and O–H groups in total. The van der Waals surface area contributed by atoms with E-state index in [0.29, 0.717) is 5.56 Å². The van der Waals surface area contributed by atoms with Gasteiger partial charge in [0.05, 0.1) is 19.3 Å². The summed E-state index contributed by atoms with van der Waals surface area (Å²) in [5.41, 5.74) is 0.112. The number of carbonyl (C=O) groups is 2. The van der Waals surface area contributed by atoms with Gasteiger partial charge in [-0.3, -0.25) is 4.79 Å². The minimum absolute atomic E-state index is 0.0949. The number of fused-ring (bicyclic) bond motifs is 2. The number of esters is 1. The fourth-order valence-corrected chi connectivity index (χ4v) is 5.22. The van der Waals surface area contributed by atoms with E-state index >= 15 is 0 Å². The van der Waals surface area contributed by atoms with E-state index in [2.05, 4.69) is 0 Å². The van der Waals surface area contributed by atoms with Crippen LogP contribution in [0, 0.1) is 0 Å². The highest BCUT2D eigenvalue weighted by atomic mass is 16.6. The minimum Gasteiger partial charge on any atom is -0.507 e. The molecule has 14 nitrogen and oxygen atoms in total. The van der Waals surface area contributed by atoms with Gasteiger partial charge in [-0.25, -0.2) is 4.79 Å². The van der Waals surface area contributed by atoms with Gasteiger partial charge in [-0.05, 0) is 42.0 Å². The van der Waals surface area contributed by atoms with Crippen LogP contribution in [0.25, 0.3) is 0 Å². The summed E-state index contributed by atoms with van der Waals surface area (Å²) in [6.07, 6.45) is -4.74. The van der Waals surface area contributed by atoms with Gasteiger partial charge in [0.25, 0.3) is 0 Å². The van der Waals surface area contributed by atoms with Crippen molar-refractivity contribution in [2.24, 2.45) is 0 Å². The molecule has 0 saturated carbocycles. The molecule has 1 unspecified atom stereocenters. The number of aromatic hydroxyl groups is 5. The number of methoxy groups -OCH3 is 1. The van der Waals surface area contributed by atoms with Gasteiger partial charge in [-0.1, -0.05) is 12.1 Å². The molecule has 4 aromatic carbocycles. The molecule has 238 valence electrons. The molecule has 2 aliphatic rings. The third kappa shape index (κ3) is 5.25. The third-order valence-electron chi connectivity index (χ3n) is 7.51. The number of ether oxygens (including phenoxy) is 5. The van der Waals surface area contributed by atoms with E-state index in [4.69, 9.17) is 23.7 Å². The average molecular weight is 635 g/mol. The monoisotopic (exact) mass is 634 g/mol. The quantitative estimate of drug-likeness (QED) is 0.0921. The van der Waals surface area contributed by atoms with Crippen LogP contribution in [0.5, 0.6) is 57.5 Å². The first kappa shape index (κ1) is 30.2. The van der Waals surface area contributed by atoms with Gasteiger partial charge in [0.2, 0.25) is 5.78 Å². The number of phenolic OH excluding ortho intramolecular Hbond substituents is 5. The Labute approximate surface area is 259 Å². The fraction of sp³-hybridized carbons (Fsp3) is 0.188. The summed E-state index contributed by atoms with van der Waals surface area (Å²) < 4.78 is 28.5. The number of hydrogen-bond acceptors (Lipinski definition) is 14. The first-order chi connectivity index (χ1) is 22.0. The van der Waals surface area contributed by atoms with Crippen LogP contribution in [0.3, 0.4) is 0 Å². The van der Waals surface area contributed by atoms with Crippen molar-refractivity contribution in [3.8, 4) is 57.5 Å². The van der Waals surface area contributed by atoms with Crippen LogP contribution in [-0.4, -0.2) is 73.4 Å². The largest absolute Gasteiger partial charge is 0.507 e. The van der Waals surface area contributed by atoms with Gasteiger partial charge >= 0.3 is 5.97 Å². The Morgan fingerprint density at radius 3 is 2.13 bits per heavy atom. The highest BCUT2D eigenvalue weighted by Crippen LogP contribution is 2.46. The number of benzene rings is 4. The SMILES string of the molecule is COc1cc([C@@H]2Oc3cc([C@H]4Oc5cc(OC(=O)c6cc(O)c(O)c(O)c6)cc(O)c5C(=O)[C@@H]4O)ccc3OC2CO)ccc1O. The van der Waals surface area contributed by atoms with Crippen LogP contribution < -0.4 is 23.7 Å². The topological polar surface area (TPSA) is 222 Å². The summed E-state index contributed by atoms with van der Waals surface area (Å²) in [6, 6.07) is 12.8. The highest BCUT2D eigenvalue weighted by molar-refractivity contribution is 6.05. The van der Waals surface area contributed by atoms with Crippen LogP contribution in [-0.2, 0) is 0 Å². The summed E-state index contributed by atoms with van der Waals surface area (Å²) in [6.45, 7) is -0.406. The molecular formula is C32H26O14. The zero-order chi connectivity index (χ0) is 32.9. The Hall–Kier alpha value is -5.86. The van der Waals surface area contributed by atoms with E-state index in [1.807, 2.05) is 0 Å². The van der Waals surface area contributed by atoms with Crippen LogP contribution in [0.4, 0.5) is 0 Å². The van der Waals surface area contributed by atoms with Crippen molar-refractivity contribution in [2.45, 2.75) is 24.4 Å². The molecule has 0 aliphatic carbocycles. The van der Waals surface area contributed by atoms with Crippen molar-refractivity contribution in [2.75, 3.05) is 13.7 Å². The number of hydrogen-bond donors (Lipinski definition) is 7. The van der Waals surface area contributed by atoms with E-state index in [-0.39, 0.29) is 51.2 Å². The molecule has 0 saturated heterocycles. The fourth-order valence-electron chi connectivity index (χ4n) is 5.22. The van der Waals surface area contributed by atoms with Crippen molar-refractivity contribution in [1.82, 2.24) is 0 Å². The molecule has 2 aliphatic heterocycles. The molecule has 0 spiro atoms. The lowest BCUT2D eigenvalue weighted by Crippen LogP contribution is -2.37. The number of phenols is 5. The summed E-state index contributed by atoms with van der Waals surface area (Å²) in [5.74, 6) is -4.94. The van der Waals surface area contributed by atoms with Gasteiger partial charge in [0.15, 0.2) is 64.7 Å². The number of rotatable bonds is 6. The van der Waals surface area contributed by atoms with Gasteiger partial charge < -0.3 is 59.4 Å². The standard InChI is InChI=1S/C32H26O14/c1-42-22-8-13(2-4-17(22)34)30-25(12-33)44-21-5-3-14(9-23(21)45-30)31-29(40)28(39)26-18(35)10-16(11-24(26)46-31)43-32(41)15-6-19(36)27(38)20(37)7-15/h2-11,25,29-31,33-38,40H,12H2,1H3/t25?,29-,30-,31+/m0/s1. The molecule has 14 heteroatoms. The van der Waals surface area contributed by atoms with Crippen LogP contribution in [0.1, 0.15) is 44.1 Å². The van der Waals surface area contributed by atoms with Crippen molar-refractivity contribution in [3.63, 3.8) is 0 Å². The molecule has 4 atom stereocenters. The van der Waals surface area contributed by atoms with Gasteiger partial charge in [-0.2, -0.15) is 0 Å². The van der Waals surface area contributed by atoms with E-state index in [1.54, 1.807) is 6.07 Å². The van der Waals surface area contributed by atoms with Crippen molar-refractivity contribution in [1.29, 1.82) is 0 Å². The zero-order valence-electron chi connectivity index (χ0n) is 23.8. The molecule has 0 fully saturated rings. The lowest BCUT2D eigenvalue weighted by Gasteiger charge is -2.35. The first-order valence-corrected chi connectivity index (χ1v) is 13.7. The molecule has 46 heavy (non-hydrogen) atoms. The Morgan fingerprint density at radius 1 is 0.761 bits per heavy atom. The lowest BCUT2D eigenvalue weighted by molar-refractivity contribution is -0.0130. The maximum atomic E-state index is 13.2. The molecular weight excluding hydrogens is 608 g/mol. The van der Waals surface area contributed by atoms with Crippen LogP contribution >= 0.6 is 0 Å². The molecule has 0 radical (unpaired) electrons. The summed E-state index contributed by atoms with van der Waals surface area (Å²) in [7, 11) is 1.39. The Bertz CT molecular complexity index is 1850. The lowest BCUT2D eigenvalue weighted by atomic mass is 9.92. The summed E-state index contributed by atoms with van der Waals surface area (Å²) in [5, 5.41) is 70.4. The number of aliphatic hydroxyl groups is 2. The minimum atomic E-state index is -1.76. The van der Waals surface area contributed by atoms with Crippen LogP contribution in [0.15, 0.2) is 60.7 Å². The highest BCUT2D eigenvalue weighted by Gasteiger charge is 2.41. The zero-order valence-corrected chi connectivity index (χ0v) is 23.8. The van der Waals surface area contributed by atoms with E-state index < -0.39 is 65.8 Å². The van der Waals surface area contributed by atoms with Crippen molar-refractivity contribution >= 4 is 11.8 Å². The number of carbonyl (C=O) groups excluding carboxylic acids is 2. The molecule has 0 aromatic heterocycles. The predicted octanol–water partition coefficient (Wildman–Crippen LogP) is 2.99. The molecule has 0 amide bonds. The third-order valence-corrected chi connectivity index (χ3v) is 7.51. The van der Waals surface area contributed by atoms with E-state index in [0.717, 1.165) is 24.3 Å². The second-order valence-corrected chi connectivity index (χ2v) is 10.4.